The van der Waals surface area contributed by atoms with Crippen LogP contribution in [0.3, 0.4) is 0 Å². The van der Waals surface area contributed by atoms with Gasteiger partial charge in [-0.25, -0.2) is 4.98 Å². The van der Waals surface area contributed by atoms with E-state index < -0.39 is 17.8 Å². The molecule has 1 aromatic carbocycles. The first-order valence-electron chi connectivity index (χ1n) is 10.1. The number of aromatic nitrogens is 1. The Labute approximate surface area is 174 Å². The molecule has 2 fully saturated rings. The number of carboxylic acids is 1. The van der Waals surface area contributed by atoms with Crippen LogP contribution < -0.4 is 5.32 Å². The van der Waals surface area contributed by atoms with Gasteiger partial charge < -0.3 is 15.2 Å². The Morgan fingerprint density at radius 2 is 1.86 bits per heavy atom. The summed E-state index contributed by atoms with van der Waals surface area (Å²) in [7, 11) is 0. The lowest BCUT2D eigenvalue weighted by atomic mass is 9.79. The van der Waals surface area contributed by atoms with Crippen molar-refractivity contribution in [2.45, 2.75) is 52.2 Å². The zero-order chi connectivity index (χ0) is 20.7. The summed E-state index contributed by atoms with van der Waals surface area (Å²) in [5, 5.41) is 12.9. The maximum Gasteiger partial charge on any atom is 0.310 e. The second-order valence-corrected chi connectivity index (χ2v) is 9.59. The third-order valence-electron chi connectivity index (χ3n) is 5.76. The summed E-state index contributed by atoms with van der Waals surface area (Å²) in [6.45, 7) is 6.37. The second kappa shape index (κ2) is 7.88. The summed E-state index contributed by atoms with van der Waals surface area (Å²) in [4.78, 5) is 30.1. The monoisotopic (exact) mass is 414 g/mol. The standard InChI is InChI=1S/C22H26N2O4S/c1-11(2)10-13-4-6-14(7-5-13)19-12(3)29-22(23-19)24-20(25)17-15-8-9-16(28-15)18(17)21(26)27/h4-7,11,15-18H,8-10H2,1-3H3,(H,26,27)(H,23,24,25)/t15-,16-,17+,18+/m1/s1. The molecule has 1 aromatic heterocycles. The van der Waals surface area contributed by atoms with E-state index in [1.54, 1.807) is 0 Å². The number of carbonyl (C=O) groups excluding carboxylic acids is 1. The largest absolute Gasteiger partial charge is 0.481 e. The molecule has 4 rings (SSSR count). The van der Waals surface area contributed by atoms with E-state index in [-0.39, 0.29) is 18.1 Å². The van der Waals surface area contributed by atoms with Gasteiger partial charge in [0.2, 0.25) is 5.91 Å². The number of anilines is 1. The number of benzene rings is 1. The summed E-state index contributed by atoms with van der Waals surface area (Å²) in [6.07, 6.45) is 1.81. The van der Waals surface area contributed by atoms with Gasteiger partial charge in [-0.1, -0.05) is 38.1 Å². The molecule has 0 aliphatic carbocycles. The number of hydrogen-bond acceptors (Lipinski definition) is 5. The highest BCUT2D eigenvalue weighted by molar-refractivity contribution is 7.16. The fraction of sp³-hybridized carbons (Fsp3) is 0.500. The smallest absolute Gasteiger partial charge is 0.310 e. The SMILES string of the molecule is Cc1sc(NC(=O)[C@@H]2[C@@H](C(=O)O)[C@H]3CC[C@H]2O3)nc1-c1ccc(CC(C)C)cc1. The number of aryl methyl sites for hydroxylation is 1. The van der Waals surface area contributed by atoms with Crippen molar-refractivity contribution in [3.8, 4) is 11.3 Å². The summed E-state index contributed by atoms with van der Waals surface area (Å²) in [5.41, 5.74) is 3.15. The fourth-order valence-electron chi connectivity index (χ4n) is 4.50. The van der Waals surface area contributed by atoms with Gasteiger partial charge in [0, 0.05) is 10.4 Å². The molecule has 2 aliphatic heterocycles. The van der Waals surface area contributed by atoms with E-state index in [4.69, 9.17) is 4.74 Å². The van der Waals surface area contributed by atoms with Crippen molar-refractivity contribution in [1.82, 2.24) is 4.98 Å². The van der Waals surface area contributed by atoms with Crippen molar-refractivity contribution in [3.63, 3.8) is 0 Å². The Bertz CT molecular complexity index is 921. The quantitative estimate of drug-likeness (QED) is 0.742. The maximum atomic E-state index is 12.8. The molecular weight excluding hydrogens is 388 g/mol. The number of fused-ring (bicyclic) bond motifs is 2. The third kappa shape index (κ3) is 3.94. The van der Waals surface area contributed by atoms with Crippen molar-refractivity contribution < 1.29 is 19.4 Å². The van der Waals surface area contributed by atoms with E-state index >= 15 is 0 Å². The molecule has 2 aromatic rings. The number of aliphatic carboxylic acids is 1. The van der Waals surface area contributed by atoms with E-state index in [2.05, 4.69) is 48.4 Å². The highest BCUT2D eigenvalue weighted by Crippen LogP contribution is 2.44. The van der Waals surface area contributed by atoms with Crippen LogP contribution >= 0.6 is 11.3 Å². The molecule has 2 saturated heterocycles. The van der Waals surface area contributed by atoms with Gasteiger partial charge >= 0.3 is 5.97 Å². The van der Waals surface area contributed by atoms with Crippen LogP contribution in [0.2, 0.25) is 0 Å². The van der Waals surface area contributed by atoms with Gasteiger partial charge in [0.05, 0.1) is 29.7 Å². The first-order valence-corrected chi connectivity index (χ1v) is 10.9. The minimum Gasteiger partial charge on any atom is -0.481 e. The van der Waals surface area contributed by atoms with Crippen LogP contribution in [0.4, 0.5) is 5.13 Å². The number of nitrogens with zero attached hydrogens (tertiary/aromatic N) is 1. The van der Waals surface area contributed by atoms with Gasteiger partial charge in [0.25, 0.3) is 0 Å². The van der Waals surface area contributed by atoms with Crippen LogP contribution in [0.1, 0.15) is 37.1 Å². The zero-order valence-electron chi connectivity index (χ0n) is 16.8. The van der Waals surface area contributed by atoms with Gasteiger partial charge in [-0.15, -0.1) is 11.3 Å². The first-order chi connectivity index (χ1) is 13.8. The van der Waals surface area contributed by atoms with Crippen molar-refractivity contribution in [2.75, 3.05) is 5.32 Å². The summed E-state index contributed by atoms with van der Waals surface area (Å²) >= 11 is 1.41. The van der Waals surface area contributed by atoms with Crippen LogP contribution in [0, 0.1) is 24.7 Å². The number of carboxylic acid groups (broad SMARTS) is 1. The van der Waals surface area contributed by atoms with Crippen molar-refractivity contribution in [2.24, 2.45) is 17.8 Å². The van der Waals surface area contributed by atoms with E-state index in [0.717, 1.165) is 29.0 Å². The van der Waals surface area contributed by atoms with Crippen molar-refractivity contribution in [3.05, 3.63) is 34.7 Å². The lowest BCUT2D eigenvalue weighted by Gasteiger charge is -2.23. The van der Waals surface area contributed by atoms with E-state index in [0.29, 0.717) is 17.5 Å². The van der Waals surface area contributed by atoms with Gasteiger partial charge in [0.15, 0.2) is 5.13 Å². The molecule has 2 aliphatic rings. The van der Waals surface area contributed by atoms with E-state index in [1.165, 1.54) is 16.9 Å². The predicted octanol–water partition coefficient (Wildman–Crippen LogP) is 4.13. The average molecular weight is 415 g/mol. The Kier molecular flexibility index (Phi) is 5.44. The fourth-order valence-corrected chi connectivity index (χ4v) is 5.34. The molecule has 7 heteroatoms. The van der Waals surface area contributed by atoms with Gasteiger partial charge in [-0.2, -0.15) is 0 Å². The number of rotatable bonds is 6. The topological polar surface area (TPSA) is 88.5 Å². The second-order valence-electron chi connectivity index (χ2n) is 8.39. The first kappa shape index (κ1) is 20.0. The average Bonchev–Trinajstić information content (AvgIpc) is 3.36. The van der Waals surface area contributed by atoms with Crippen molar-refractivity contribution >= 4 is 28.3 Å². The predicted molar refractivity (Wildman–Crippen MR) is 112 cm³/mol. The Morgan fingerprint density at radius 1 is 1.21 bits per heavy atom. The van der Waals surface area contributed by atoms with Gasteiger partial charge in [-0.05, 0) is 37.7 Å². The Balaban J connectivity index is 1.49. The van der Waals surface area contributed by atoms with E-state index in [9.17, 15) is 14.7 Å². The van der Waals surface area contributed by atoms with Crippen LogP contribution in [0.25, 0.3) is 11.3 Å². The van der Waals surface area contributed by atoms with Gasteiger partial charge in [-0.3, -0.25) is 9.59 Å². The highest BCUT2D eigenvalue weighted by atomic mass is 32.1. The summed E-state index contributed by atoms with van der Waals surface area (Å²) in [5.74, 6) is -2.10. The maximum absolute atomic E-state index is 12.8. The molecule has 0 saturated carbocycles. The van der Waals surface area contributed by atoms with Crippen LogP contribution in [0.5, 0.6) is 0 Å². The van der Waals surface area contributed by atoms with Crippen LogP contribution in [0.15, 0.2) is 24.3 Å². The zero-order valence-corrected chi connectivity index (χ0v) is 17.7. The minimum atomic E-state index is -0.963. The number of ether oxygens (including phenoxy) is 1. The Morgan fingerprint density at radius 3 is 2.48 bits per heavy atom. The molecule has 0 unspecified atom stereocenters. The number of thiazole rings is 1. The molecule has 2 bridgehead atoms. The number of hydrogen-bond donors (Lipinski definition) is 2. The lowest BCUT2D eigenvalue weighted by Crippen LogP contribution is -2.40. The molecule has 2 N–H and O–H groups in total. The normalized spacial score (nSPS) is 25.5. The molecule has 3 heterocycles. The van der Waals surface area contributed by atoms with E-state index in [1.807, 2.05) is 6.92 Å². The van der Waals surface area contributed by atoms with Crippen LogP contribution in [-0.2, 0) is 20.7 Å². The summed E-state index contributed by atoms with van der Waals surface area (Å²) < 4.78 is 5.70. The highest BCUT2D eigenvalue weighted by Gasteiger charge is 2.55. The Hall–Kier alpha value is -2.25. The molecular formula is C22H26N2O4S. The number of carbonyl (C=O) groups is 2. The minimum absolute atomic E-state index is 0.308. The third-order valence-corrected chi connectivity index (χ3v) is 6.65. The number of nitrogens with one attached hydrogen (secondary N) is 1. The molecule has 154 valence electrons. The van der Waals surface area contributed by atoms with Gasteiger partial charge in [0.1, 0.15) is 0 Å². The molecule has 1 amide bonds. The summed E-state index contributed by atoms with van der Waals surface area (Å²) in [6, 6.07) is 8.37. The molecule has 29 heavy (non-hydrogen) atoms. The molecule has 6 nitrogen and oxygen atoms in total. The molecule has 4 atom stereocenters. The van der Waals surface area contributed by atoms with Crippen LogP contribution in [-0.4, -0.2) is 34.2 Å². The van der Waals surface area contributed by atoms with Crippen molar-refractivity contribution in [1.29, 1.82) is 0 Å². The lowest BCUT2D eigenvalue weighted by molar-refractivity contribution is -0.147. The molecule has 0 radical (unpaired) electrons. The number of amides is 1. The molecule has 0 spiro atoms.